The predicted molar refractivity (Wildman–Crippen MR) is 63.4 cm³/mol. The van der Waals surface area contributed by atoms with Crippen LogP contribution in [0.25, 0.3) is 6.08 Å². The van der Waals surface area contributed by atoms with Crippen molar-refractivity contribution < 1.29 is 14.3 Å². The van der Waals surface area contributed by atoms with Crippen molar-refractivity contribution >= 4 is 12.0 Å². The van der Waals surface area contributed by atoms with Gasteiger partial charge in [0.1, 0.15) is 5.75 Å². The van der Waals surface area contributed by atoms with E-state index in [-0.39, 0.29) is 0 Å². The van der Waals surface area contributed by atoms with Crippen LogP contribution in [0.1, 0.15) is 18.1 Å². The predicted octanol–water partition coefficient (Wildman–Crippen LogP) is 2.14. The molecule has 1 aromatic carbocycles. The molecule has 0 saturated carbocycles. The van der Waals surface area contributed by atoms with Gasteiger partial charge in [-0.2, -0.15) is 5.26 Å². The molecule has 0 aliphatic rings. The molecule has 0 radical (unpaired) electrons. The van der Waals surface area contributed by atoms with E-state index in [0.717, 1.165) is 0 Å². The van der Waals surface area contributed by atoms with Crippen LogP contribution in [-0.4, -0.2) is 19.7 Å². The van der Waals surface area contributed by atoms with Crippen molar-refractivity contribution in [2.45, 2.75) is 6.92 Å². The third-order valence-electron chi connectivity index (χ3n) is 2.07. The van der Waals surface area contributed by atoms with Crippen LogP contribution in [0, 0.1) is 11.3 Å². The molecule has 0 N–H and O–H groups in total. The number of carbonyl (C=O) groups is 1. The zero-order valence-corrected chi connectivity index (χ0v) is 9.77. The minimum Gasteiger partial charge on any atom is -0.497 e. The van der Waals surface area contributed by atoms with Crippen molar-refractivity contribution in [1.29, 1.82) is 5.26 Å². The van der Waals surface area contributed by atoms with Crippen molar-refractivity contribution in [3.05, 3.63) is 35.4 Å². The number of nitriles is 1. The number of nitrogens with zero attached hydrogens (tertiary/aromatic N) is 1. The summed E-state index contributed by atoms with van der Waals surface area (Å²) in [5, 5.41) is 8.95. The summed E-state index contributed by atoms with van der Waals surface area (Å²) in [5.41, 5.74) is 1.10. The lowest BCUT2D eigenvalue weighted by molar-refractivity contribution is -0.137. The van der Waals surface area contributed by atoms with Crippen molar-refractivity contribution in [3.63, 3.8) is 0 Å². The molecule has 4 nitrogen and oxygen atoms in total. The normalized spacial score (nSPS) is 9.94. The summed E-state index contributed by atoms with van der Waals surface area (Å²) >= 11 is 0. The molecule has 88 valence electrons. The highest BCUT2D eigenvalue weighted by molar-refractivity contribution is 5.87. The van der Waals surface area contributed by atoms with Crippen molar-refractivity contribution in [1.82, 2.24) is 0 Å². The Morgan fingerprint density at radius 1 is 1.53 bits per heavy atom. The molecule has 1 rings (SSSR count). The molecule has 0 unspecified atom stereocenters. The van der Waals surface area contributed by atoms with Crippen LogP contribution < -0.4 is 4.74 Å². The molecule has 4 heteroatoms. The van der Waals surface area contributed by atoms with Crippen LogP contribution in [0.4, 0.5) is 0 Å². The van der Waals surface area contributed by atoms with Crippen molar-refractivity contribution in [3.8, 4) is 11.8 Å². The Labute approximate surface area is 100 Å². The van der Waals surface area contributed by atoms with Crippen LogP contribution in [0.3, 0.4) is 0 Å². The van der Waals surface area contributed by atoms with Gasteiger partial charge in [0.2, 0.25) is 0 Å². The minimum absolute atomic E-state index is 0.330. The topological polar surface area (TPSA) is 59.3 Å². The number of carbonyl (C=O) groups excluding carboxylic acids is 1. The smallest absolute Gasteiger partial charge is 0.330 e. The molecule has 17 heavy (non-hydrogen) atoms. The molecule has 0 saturated heterocycles. The fourth-order valence-corrected chi connectivity index (χ4v) is 1.25. The third-order valence-corrected chi connectivity index (χ3v) is 2.07. The lowest BCUT2D eigenvalue weighted by Crippen LogP contribution is -1.98. The molecule has 0 aromatic heterocycles. The van der Waals surface area contributed by atoms with Gasteiger partial charge in [0, 0.05) is 6.08 Å². The minimum atomic E-state index is -0.424. The molecule has 1 aromatic rings. The van der Waals surface area contributed by atoms with E-state index in [1.807, 2.05) is 6.07 Å². The molecule has 0 bridgehead atoms. The van der Waals surface area contributed by atoms with Crippen molar-refractivity contribution in [2.75, 3.05) is 13.7 Å². The van der Waals surface area contributed by atoms with Crippen LogP contribution in [0.2, 0.25) is 0 Å². The SMILES string of the molecule is CCOC(=O)/C=C/c1ccc(OC)cc1C#N. The molecule has 0 fully saturated rings. The van der Waals surface area contributed by atoms with E-state index in [0.29, 0.717) is 23.5 Å². The van der Waals surface area contributed by atoms with Gasteiger partial charge in [0.25, 0.3) is 0 Å². The number of benzene rings is 1. The summed E-state index contributed by atoms with van der Waals surface area (Å²) in [6, 6.07) is 7.10. The molecule has 0 aliphatic carbocycles. The maximum Gasteiger partial charge on any atom is 0.330 e. The first-order valence-electron chi connectivity index (χ1n) is 5.14. The average Bonchev–Trinajstić information content (AvgIpc) is 2.36. The van der Waals surface area contributed by atoms with Gasteiger partial charge in [-0.05, 0) is 36.8 Å². The zero-order valence-electron chi connectivity index (χ0n) is 9.77. The summed E-state index contributed by atoms with van der Waals surface area (Å²) in [7, 11) is 1.53. The molecular weight excluding hydrogens is 218 g/mol. The first kappa shape index (κ1) is 12.8. The maximum atomic E-state index is 11.1. The number of esters is 1. The Kier molecular flexibility index (Phi) is 4.77. The molecule has 0 heterocycles. The first-order chi connectivity index (χ1) is 8.21. The standard InChI is InChI=1S/C13H13NO3/c1-3-17-13(15)7-5-10-4-6-12(16-2)8-11(10)9-14/h4-8H,3H2,1-2H3/b7-5+. The summed E-state index contributed by atoms with van der Waals surface area (Å²) in [6.07, 6.45) is 2.85. The van der Waals surface area contributed by atoms with Gasteiger partial charge in [-0.15, -0.1) is 0 Å². The molecule has 0 atom stereocenters. The number of ether oxygens (including phenoxy) is 2. The Morgan fingerprint density at radius 3 is 2.88 bits per heavy atom. The van der Waals surface area contributed by atoms with Crippen molar-refractivity contribution in [2.24, 2.45) is 0 Å². The Bertz CT molecular complexity index is 472. The van der Waals surface area contributed by atoms with Gasteiger partial charge < -0.3 is 9.47 Å². The largest absolute Gasteiger partial charge is 0.497 e. The van der Waals surface area contributed by atoms with Gasteiger partial charge in [0.15, 0.2) is 0 Å². The fourth-order valence-electron chi connectivity index (χ4n) is 1.25. The quantitative estimate of drug-likeness (QED) is 0.588. The second kappa shape index (κ2) is 6.33. The second-order valence-electron chi connectivity index (χ2n) is 3.15. The van der Waals surface area contributed by atoms with E-state index >= 15 is 0 Å². The Morgan fingerprint density at radius 2 is 2.29 bits per heavy atom. The lowest BCUT2D eigenvalue weighted by atomic mass is 10.1. The summed E-state index contributed by atoms with van der Waals surface area (Å²) in [6.45, 7) is 2.07. The van der Waals surface area contributed by atoms with E-state index < -0.39 is 5.97 Å². The first-order valence-corrected chi connectivity index (χ1v) is 5.14. The number of methoxy groups -OCH3 is 1. The van der Waals surface area contributed by atoms with E-state index in [9.17, 15) is 4.79 Å². The summed E-state index contributed by atoms with van der Waals surface area (Å²) in [4.78, 5) is 11.1. The van der Waals surface area contributed by atoms with Crippen LogP contribution in [0.5, 0.6) is 5.75 Å². The Balaban J connectivity index is 2.92. The molecule has 0 spiro atoms. The molecule has 0 amide bonds. The van der Waals surface area contributed by atoms with E-state index in [4.69, 9.17) is 14.7 Å². The highest BCUT2D eigenvalue weighted by atomic mass is 16.5. The molecular formula is C13H13NO3. The number of hydrogen-bond acceptors (Lipinski definition) is 4. The van der Waals surface area contributed by atoms with Gasteiger partial charge in [-0.3, -0.25) is 0 Å². The van der Waals surface area contributed by atoms with Crippen LogP contribution in [-0.2, 0) is 9.53 Å². The van der Waals surface area contributed by atoms with Gasteiger partial charge >= 0.3 is 5.97 Å². The van der Waals surface area contributed by atoms with Gasteiger partial charge in [-0.1, -0.05) is 0 Å². The maximum absolute atomic E-state index is 11.1. The van der Waals surface area contributed by atoms with Crippen LogP contribution in [0.15, 0.2) is 24.3 Å². The summed E-state index contributed by atoms with van der Waals surface area (Å²) in [5.74, 6) is 0.182. The average molecular weight is 231 g/mol. The zero-order chi connectivity index (χ0) is 12.7. The number of hydrogen-bond donors (Lipinski definition) is 0. The molecule has 0 aliphatic heterocycles. The number of rotatable bonds is 4. The van der Waals surface area contributed by atoms with E-state index in [1.165, 1.54) is 13.2 Å². The van der Waals surface area contributed by atoms with Gasteiger partial charge in [0.05, 0.1) is 25.3 Å². The highest BCUT2D eigenvalue weighted by Gasteiger charge is 2.02. The second-order valence-corrected chi connectivity index (χ2v) is 3.15. The Hall–Kier alpha value is -2.28. The highest BCUT2D eigenvalue weighted by Crippen LogP contribution is 2.18. The van der Waals surface area contributed by atoms with Crippen LogP contribution >= 0.6 is 0 Å². The van der Waals surface area contributed by atoms with E-state index in [1.54, 1.807) is 31.2 Å². The summed E-state index contributed by atoms with van der Waals surface area (Å²) < 4.78 is 9.76. The van der Waals surface area contributed by atoms with Gasteiger partial charge in [-0.25, -0.2) is 4.79 Å². The lowest BCUT2D eigenvalue weighted by Gasteiger charge is -2.02. The fraction of sp³-hybridized carbons (Fsp3) is 0.231. The third kappa shape index (κ3) is 3.65. The van der Waals surface area contributed by atoms with E-state index in [2.05, 4.69) is 0 Å². The monoisotopic (exact) mass is 231 g/mol.